The van der Waals surface area contributed by atoms with Crippen molar-refractivity contribution in [2.75, 3.05) is 6.61 Å². The number of nitrogens with zero attached hydrogens (tertiary/aromatic N) is 2. The van der Waals surface area contributed by atoms with E-state index in [-0.39, 0.29) is 0 Å². The standard InChI is InChI=1S/C11H16N2O/c1-2-6-14-11(3-1)9-7-12-13(8-9)10-4-5-10/h7-8,10-11H,1-6H2/t11-/m0/s1. The van der Waals surface area contributed by atoms with Crippen LogP contribution in [0.1, 0.15) is 49.8 Å². The molecule has 1 saturated heterocycles. The maximum absolute atomic E-state index is 5.72. The van der Waals surface area contributed by atoms with Gasteiger partial charge in [0.25, 0.3) is 0 Å². The van der Waals surface area contributed by atoms with E-state index in [9.17, 15) is 0 Å². The van der Waals surface area contributed by atoms with E-state index in [0.29, 0.717) is 12.1 Å². The van der Waals surface area contributed by atoms with Crippen molar-refractivity contribution in [1.82, 2.24) is 9.78 Å². The average molecular weight is 192 g/mol. The minimum absolute atomic E-state index is 0.316. The van der Waals surface area contributed by atoms with E-state index >= 15 is 0 Å². The second-order valence-electron chi connectivity index (χ2n) is 4.34. The molecule has 2 heterocycles. The van der Waals surface area contributed by atoms with E-state index < -0.39 is 0 Å². The molecular formula is C11H16N2O. The fourth-order valence-corrected chi connectivity index (χ4v) is 2.06. The van der Waals surface area contributed by atoms with Crippen LogP contribution in [-0.4, -0.2) is 16.4 Å². The Kier molecular flexibility index (Phi) is 2.05. The summed E-state index contributed by atoms with van der Waals surface area (Å²) in [7, 11) is 0. The summed E-state index contributed by atoms with van der Waals surface area (Å²) in [6.45, 7) is 0.916. The lowest BCUT2D eigenvalue weighted by atomic mass is 10.0. The second kappa shape index (κ2) is 3.39. The van der Waals surface area contributed by atoms with Crippen molar-refractivity contribution in [3.63, 3.8) is 0 Å². The minimum Gasteiger partial charge on any atom is -0.373 e. The van der Waals surface area contributed by atoms with Crippen LogP contribution in [0.4, 0.5) is 0 Å². The van der Waals surface area contributed by atoms with Crippen LogP contribution < -0.4 is 0 Å². The SMILES string of the molecule is c1nn(C2CC2)cc1[C@@H]1CCCCO1. The fourth-order valence-electron chi connectivity index (χ4n) is 2.06. The molecule has 2 fully saturated rings. The molecule has 0 spiro atoms. The predicted octanol–water partition coefficient (Wildman–Crippen LogP) is 2.46. The van der Waals surface area contributed by atoms with E-state index in [1.807, 2.05) is 6.20 Å². The van der Waals surface area contributed by atoms with Crippen molar-refractivity contribution in [3.8, 4) is 0 Å². The molecule has 0 unspecified atom stereocenters. The lowest BCUT2D eigenvalue weighted by Crippen LogP contribution is -2.10. The molecule has 2 aliphatic rings. The van der Waals surface area contributed by atoms with Gasteiger partial charge in [-0.1, -0.05) is 0 Å². The molecule has 1 saturated carbocycles. The molecule has 0 bridgehead atoms. The van der Waals surface area contributed by atoms with Crippen LogP contribution in [0, 0.1) is 0 Å². The van der Waals surface area contributed by atoms with Crippen LogP contribution in [-0.2, 0) is 4.74 Å². The zero-order chi connectivity index (χ0) is 9.38. The van der Waals surface area contributed by atoms with Crippen molar-refractivity contribution in [2.45, 2.75) is 44.2 Å². The molecule has 0 amide bonds. The molecule has 1 aromatic heterocycles. The largest absolute Gasteiger partial charge is 0.373 e. The van der Waals surface area contributed by atoms with Gasteiger partial charge in [-0.15, -0.1) is 0 Å². The Morgan fingerprint density at radius 3 is 2.93 bits per heavy atom. The number of hydrogen-bond donors (Lipinski definition) is 0. The predicted molar refractivity (Wildman–Crippen MR) is 53.0 cm³/mol. The first kappa shape index (κ1) is 8.48. The molecule has 0 aromatic carbocycles. The molecule has 3 rings (SSSR count). The minimum atomic E-state index is 0.316. The van der Waals surface area contributed by atoms with Crippen molar-refractivity contribution in [1.29, 1.82) is 0 Å². The van der Waals surface area contributed by atoms with Crippen molar-refractivity contribution < 1.29 is 4.74 Å². The Morgan fingerprint density at radius 1 is 1.29 bits per heavy atom. The van der Waals surface area contributed by atoms with Crippen LogP contribution in [0.3, 0.4) is 0 Å². The smallest absolute Gasteiger partial charge is 0.0855 e. The van der Waals surface area contributed by atoms with E-state index in [0.717, 1.165) is 13.0 Å². The van der Waals surface area contributed by atoms with E-state index in [1.165, 1.54) is 31.2 Å². The summed E-state index contributed by atoms with van der Waals surface area (Å²) in [5, 5.41) is 4.39. The van der Waals surface area contributed by atoms with Crippen molar-refractivity contribution in [3.05, 3.63) is 18.0 Å². The molecule has 0 N–H and O–H groups in total. The Morgan fingerprint density at radius 2 is 2.21 bits per heavy atom. The summed E-state index contributed by atoms with van der Waals surface area (Å²) < 4.78 is 7.83. The third kappa shape index (κ3) is 1.57. The maximum atomic E-state index is 5.72. The van der Waals surface area contributed by atoms with Crippen LogP contribution >= 0.6 is 0 Å². The maximum Gasteiger partial charge on any atom is 0.0855 e. The average Bonchev–Trinajstić information content (AvgIpc) is 2.98. The van der Waals surface area contributed by atoms with Gasteiger partial charge < -0.3 is 4.74 Å². The van der Waals surface area contributed by atoms with Gasteiger partial charge in [-0.05, 0) is 32.1 Å². The first-order valence-corrected chi connectivity index (χ1v) is 5.59. The molecule has 76 valence electrons. The van der Waals surface area contributed by atoms with Gasteiger partial charge in [0, 0.05) is 18.4 Å². The number of aromatic nitrogens is 2. The third-order valence-corrected chi connectivity index (χ3v) is 3.09. The Labute approximate surface area is 84.1 Å². The summed E-state index contributed by atoms with van der Waals surface area (Å²) in [6.07, 6.45) is 10.7. The Balaban J connectivity index is 1.74. The highest BCUT2D eigenvalue weighted by molar-refractivity contribution is 5.10. The number of rotatable bonds is 2. The lowest BCUT2D eigenvalue weighted by Gasteiger charge is -2.21. The van der Waals surface area contributed by atoms with Gasteiger partial charge in [0.05, 0.1) is 18.3 Å². The van der Waals surface area contributed by atoms with Crippen LogP contribution in [0.15, 0.2) is 12.4 Å². The summed E-state index contributed by atoms with van der Waals surface area (Å²) in [5.41, 5.74) is 1.27. The van der Waals surface area contributed by atoms with E-state index in [4.69, 9.17) is 4.74 Å². The van der Waals surface area contributed by atoms with Gasteiger partial charge in [0.1, 0.15) is 0 Å². The quantitative estimate of drug-likeness (QED) is 0.719. The normalized spacial score (nSPS) is 27.9. The van der Waals surface area contributed by atoms with Crippen LogP contribution in [0.2, 0.25) is 0 Å². The molecule has 3 heteroatoms. The van der Waals surface area contributed by atoms with Gasteiger partial charge in [-0.2, -0.15) is 5.10 Å². The first-order chi connectivity index (χ1) is 6.93. The molecule has 3 nitrogen and oxygen atoms in total. The highest BCUT2D eigenvalue weighted by atomic mass is 16.5. The van der Waals surface area contributed by atoms with Gasteiger partial charge in [-0.25, -0.2) is 0 Å². The molecule has 14 heavy (non-hydrogen) atoms. The number of ether oxygens (including phenoxy) is 1. The van der Waals surface area contributed by atoms with Crippen LogP contribution in [0.5, 0.6) is 0 Å². The van der Waals surface area contributed by atoms with Gasteiger partial charge in [-0.3, -0.25) is 4.68 Å². The molecule has 1 atom stereocenters. The van der Waals surface area contributed by atoms with Crippen molar-refractivity contribution in [2.24, 2.45) is 0 Å². The van der Waals surface area contributed by atoms with Crippen LogP contribution in [0.25, 0.3) is 0 Å². The summed E-state index contributed by atoms with van der Waals surface area (Å²) in [4.78, 5) is 0. The second-order valence-corrected chi connectivity index (χ2v) is 4.34. The molecule has 1 aliphatic carbocycles. The number of hydrogen-bond acceptors (Lipinski definition) is 2. The zero-order valence-electron chi connectivity index (χ0n) is 8.35. The lowest BCUT2D eigenvalue weighted by molar-refractivity contribution is 0.0149. The van der Waals surface area contributed by atoms with Gasteiger partial charge in [0.2, 0.25) is 0 Å². The molecular weight excluding hydrogens is 176 g/mol. The van der Waals surface area contributed by atoms with Gasteiger partial charge >= 0.3 is 0 Å². The summed E-state index contributed by atoms with van der Waals surface area (Å²) in [6, 6.07) is 0.687. The summed E-state index contributed by atoms with van der Waals surface area (Å²) >= 11 is 0. The Bertz CT molecular complexity index is 311. The van der Waals surface area contributed by atoms with E-state index in [2.05, 4.69) is 16.0 Å². The van der Waals surface area contributed by atoms with E-state index in [1.54, 1.807) is 0 Å². The molecule has 1 aliphatic heterocycles. The zero-order valence-corrected chi connectivity index (χ0v) is 8.35. The monoisotopic (exact) mass is 192 g/mol. The summed E-state index contributed by atoms with van der Waals surface area (Å²) in [5.74, 6) is 0. The topological polar surface area (TPSA) is 27.1 Å². The Hall–Kier alpha value is -0.830. The highest BCUT2D eigenvalue weighted by Crippen LogP contribution is 2.35. The fraction of sp³-hybridized carbons (Fsp3) is 0.727. The highest BCUT2D eigenvalue weighted by Gasteiger charge is 2.25. The molecule has 1 aromatic rings. The van der Waals surface area contributed by atoms with Gasteiger partial charge in [0.15, 0.2) is 0 Å². The third-order valence-electron chi connectivity index (χ3n) is 3.09. The van der Waals surface area contributed by atoms with Crippen molar-refractivity contribution >= 4 is 0 Å². The first-order valence-electron chi connectivity index (χ1n) is 5.59. The molecule has 0 radical (unpaired) electrons.